The van der Waals surface area contributed by atoms with Crippen molar-refractivity contribution >= 4 is 52.8 Å². The van der Waals surface area contributed by atoms with Crippen molar-refractivity contribution in [3.8, 4) is 17.2 Å². The summed E-state index contributed by atoms with van der Waals surface area (Å²) in [7, 11) is 0. The molecule has 0 atom stereocenters. The number of hydrogen-bond acceptors (Lipinski definition) is 13. The minimum absolute atomic E-state index is 0.0148. The largest absolute Gasteiger partial charge is 0.492 e. The van der Waals surface area contributed by atoms with Crippen LogP contribution in [0.2, 0.25) is 0 Å². The van der Waals surface area contributed by atoms with Crippen LogP contribution in [0.25, 0.3) is 0 Å². The molecular weight excluding hydrogens is 863 g/mol. The van der Waals surface area contributed by atoms with E-state index in [1.807, 2.05) is 41.5 Å². The van der Waals surface area contributed by atoms with Gasteiger partial charge in [-0.25, -0.2) is 14.4 Å². The average Bonchev–Trinajstić information content (AvgIpc) is 3.15. The van der Waals surface area contributed by atoms with E-state index in [9.17, 15) is 24.0 Å². The summed E-state index contributed by atoms with van der Waals surface area (Å²) >= 11 is 0. The fourth-order valence-corrected chi connectivity index (χ4v) is 5.89. The molecule has 5 amide bonds. The normalized spacial score (nSPS) is 12.0. The van der Waals surface area contributed by atoms with Gasteiger partial charge in [-0.05, 0) is 127 Å². The number of nitrogens with one attached hydrogen (secondary N) is 5. The molecule has 0 bridgehead atoms. The van der Waals surface area contributed by atoms with E-state index in [0.717, 1.165) is 11.1 Å². The molecule has 3 rings (SSSR count). The number of carbonyl (C=O) groups excluding carboxylic acids is 5. The minimum Gasteiger partial charge on any atom is -0.492 e. The SMILES string of the molecule is CC(C)(C)OC(=O)NCCOc1cc(C(=O)Nc2cc(C(C)(C)C)cc(N)c2OCCNC(=O)OC(C)(C)C)cc(C(=O)Nc2cc(C(C)(C)C)cc(N)c2OCCNC(=O)OC(C)(C)C)c1. The summed E-state index contributed by atoms with van der Waals surface area (Å²) in [6, 6.07) is 11.3. The molecule has 9 N–H and O–H groups in total. The van der Waals surface area contributed by atoms with Crippen molar-refractivity contribution in [2.75, 3.05) is 61.6 Å². The van der Waals surface area contributed by atoms with Crippen molar-refractivity contribution in [2.45, 2.75) is 131 Å². The Morgan fingerprint density at radius 1 is 0.448 bits per heavy atom. The molecule has 67 heavy (non-hydrogen) atoms. The van der Waals surface area contributed by atoms with Crippen LogP contribution in [0.4, 0.5) is 37.1 Å². The second-order valence-electron chi connectivity index (χ2n) is 20.9. The predicted octanol–water partition coefficient (Wildman–Crippen LogP) is 8.66. The van der Waals surface area contributed by atoms with Gasteiger partial charge in [-0.3, -0.25) is 9.59 Å². The van der Waals surface area contributed by atoms with Crippen molar-refractivity contribution in [2.24, 2.45) is 0 Å². The maximum atomic E-state index is 14.3. The third-order valence-electron chi connectivity index (χ3n) is 8.97. The van der Waals surface area contributed by atoms with Crippen molar-refractivity contribution < 1.29 is 52.4 Å². The number of carbonyl (C=O) groups is 5. The first-order chi connectivity index (χ1) is 30.7. The fourth-order valence-electron chi connectivity index (χ4n) is 5.89. The highest BCUT2D eigenvalue weighted by atomic mass is 16.6. The van der Waals surface area contributed by atoms with Gasteiger partial charge in [0.2, 0.25) is 0 Å². The van der Waals surface area contributed by atoms with Crippen LogP contribution in [-0.4, -0.2) is 86.4 Å². The summed E-state index contributed by atoms with van der Waals surface area (Å²) in [6.07, 6.45) is -1.88. The molecule has 18 nitrogen and oxygen atoms in total. The van der Waals surface area contributed by atoms with E-state index in [0.29, 0.717) is 0 Å². The van der Waals surface area contributed by atoms with Gasteiger partial charge >= 0.3 is 18.3 Å². The lowest BCUT2D eigenvalue weighted by atomic mass is 9.86. The zero-order valence-electron chi connectivity index (χ0n) is 41.9. The van der Waals surface area contributed by atoms with Gasteiger partial charge in [0, 0.05) is 11.1 Å². The standard InChI is InChI=1S/C49H73N7O11/c1-45(2,3)31-25-34(50)38(63-20-17-53-43(60)66-48(10,11)12)36(27-31)55-40(57)29-22-30(24-33(23-29)62-19-16-52-42(59)65-47(7,8)9)41(58)56-37-28-32(46(4,5)6)26-35(51)39(37)64-21-18-54-44(61)67-49(13,14)15/h22-28H,16-21,50-51H2,1-15H3,(H,52,59)(H,53,60)(H,54,61)(H,55,57)(H,56,58). The monoisotopic (exact) mass is 936 g/mol. The lowest BCUT2D eigenvalue weighted by Gasteiger charge is -2.24. The van der Waals surface area contributed by atoms with Gasteiger partial charge in [-0.2, -0.15) is 0 Å². The average molecular weight is 936 g/mol. The van der Waals surface area contributed by atoms with Gasteiger partial charge in [0.05, 0.1) is 42.4 Å². The van der Waals surface area contributed by atoms with E-state index in [1.54, 1.807) is 86.6 Å². The second-order valence-corrected chi connectivity index (χ2v) is 20.9. The summed E-state index contributed by atoms with van der Waals surface area (Å²) in [5.41, 5.74) is 12.8. The van der Waals surface area contributed by atoms with Crippen molar-refractivity contribution in [1.29, 1.82) is 0 Å². The Hall–Kier alpha value is -6.59. The number of nitrogens with two attached hydrogens (primary N) is 2. The van der Waals surface area contributed by atoms with Crippen molar-refractivity contribution in [3.63, 3.8) is 0 Å². The first-order valence-corrected chi connectivity index (χ1v) is 22.2. The van der Waals surface area contributed by atoms with E-state index in [2.05, 4.69) is 26.6 Å². The number of alkyl carbamates (subject to hydrolysis) is 3. The Kier molecular flexibility index (Phi) is 18.2. The number of amides is 5. The van der Waals surface area contributed by atoms with E-state index in [4.69, 9.17) is 39.9 Å². The van der Waals surface area contributed by atoms with Crippen LogP contribution < -0.4 is 52.3 Å². The zero-order chi connectivity index (χ0) is 50.7. The number of rotatable bonds is 16. The van der Waals surface area contributed by atoms with Crippen LogP contribution >= 0.6 is 0 Å². The van der Waals surface area contributed by atoms with E-state index >= 15 is 0 Å². The smallest absolute Gasteiger partial charge is 0.407 e. The molecule has 370 valence electrons. The highest BCUT2D eigenvalue weighted by Gasteiger charge is 2.25. The molecule has 0 aliphatic rings. The van der Waals surface area contributed by atoms with Crippen LogP contribution in [0.3, 0.4) is 0 Å². The summed E-state index contributed by atoms with van der Waals surface area (Å²) in [5, 5.41) is 13.7. The summed E-state index contributed by atoms with van der Waals surface area (Å²) in [6.45, 7) is 27.8. The van der Waals surface area contributed by atoms with E-state index in [1.165, 1.54) is 18.2 Å². The molecule has 0 saturated heterocycles. The molecule has 0 radical (unpaired) electrons. The van der Waals surface area contributed by atoms with Crippen LogP contribution in [0.1, 0.15) is 136 Å². The fraction of sp³-hybridized carbons (Fsp3) is 0.531. The van der Waals surface area contributed by atoms with Crippen LogP contribution in [0.15, 0.2) is 42.5 Å². The van der Waals surface area contributed by atoms with Gasteiger partial charge in [-0.15, -0.1) is 0 Å². The van der Waals surface area contributed by atoms with Gasteiger partial charge < -0.3 is 66.5 Å². The topological polar surface area (TPSA) is 253 Å². The molecule has 0 unspecified atom stereocenters. The van der Waals surface area contributed by atoms with E-state index < -0.39 is 46.9 Å². The lowest BCUT2D eigenvalue weighted by molar-refractivity contribution is 0.0509. The summed E-state index contributed by atoms with van der Waals surface area (Å²) in [5.74, 6) is -0.834. The molecular formula is C49H73N7O11. The first kappa shape index (κ1) is 54.7. The van der Waals surface area contributed by atoms with Gasteiger partial charge in [0.15, 0.2) is 11.5 Å². The molecule has 0 fully saturated rings. The van der Waals surface area contributed by atoms with Crippen LogP contribution in [0, 0.1) is 0 Å². The second kappa shape index (κ2) is 22.3. The third-order valence-corrected chi connectivity index (χ3v) is 8.97. The Bertz CT molecular complexity index is 2110. The minimum atomic E-state index is -0.715. The van der Waals surface area contributed by atoms with E-state index in [-0.39, 0.29) is 101 Å². The number of benzene rings is 3. The predicted molar refractivity (Wildman–Crippen MR) is 261 cm³/mol. The molecule has 0 aliphatic heterocycles. The van der Waals surface area contributed by atoms with Crippen LogP contribution in [0.5, 0.6) is 17.2 Å². The van der Waals surface area contributed by atoms with Gasteiger partial charge in [0.1, 0.15) is 42.4 Å². The maximum Gasteiger partial charge on any atom is 0.407 e. The number of hydrogen-bond donors (Lipinski definition) is 7. The Morgan fingerprint density at radius 2 is 0.761 bits per heavy atom. The van der Waals surface area contributed by atoms with Crippen LogP contribution in [-0.2, 0) is 25.0 Å². The molecule has 3 aromatic carbocycles. The molecule has 0 spiro atoms. The number of ether oxygens (including phenoxy) is 6. The highest BCUT2D eigenvalue weighted by molar-refractivity contribution is 6.10. The Labute approximate surface area is 395 Å². The first-order valence-electron chi connectivity index (χ1n) is 22.2. The number of nitrogen functional groups attached to an aromatic ring is 2. The maximum absolute atomic E-state index is 14.3. The van der Waals surface area contributed by atoms with Crippen molar-refractivity contribution in [1.82, 2.24) is 16.0 Å². The lowest BCUT2D eigenvalue weighted by Crippen LogP contribution is -2.34. The molecule has 18 heteroatoms. The quantitative estimate of drug-likeness (QED) is 0.0404. The summed E-state index contributed by atoms with van der Waals surface area (Å²) < 4.78 is 34.0. The highest BCUT2D eigenvalue weighted by Crippen LogP contribution is 2.39. The third kappa shape index (κ3) is 19.0. The van der Waals surface area contributed by atoms with Gasteiger partial charge in [-0.1, -0.05) is 41.5 Å². The van der Waals surface area contributed by atoms with Gasteiger partial charge in [0.25, 0.3) is 11.8 Å². The molecule has 0 saturated carbocycles. The molecule has 3 aromatic rings. The molecule has 0 aromatic heterocycles. The molecule has 0 heterocycles. The molecule has 0 aliphatic carbocycles. The Morgan fingerprint density at radius 3 is 1.06 bits per heavy atom. The summed E-state index contributed by atoms with van der Waals surface area (Å²) in [4.78, 5) is 65.5. The number of anilines is 4. The zero-order valence-corrected chi connectivity index (χ0v) is 41.9. The Balaban J connectivity index is 2.03. The van der Waals surface area contributed by atoms with Crippen molar-refractivity contribution in [3.05, 3.63) is 64.7 Å².